The topological polar surface area (TPSA) is 78.6 Å². The summed E-state index contributed by atoms with van der Waals surface area (Å²) in [4.78, 5) is 4.05. The van der Waals surface area contributed by atoms with E-state index in [9.17, 15) is 0 Å². The van der Waals surface area contributed by atoms with Crippen LogP contribution in [-0.4, -0.2) is 26.3 Å². The maximum absolute atomic E-state index is 5.74. The van der Waals surface area contributed by atoms with E-state index in [1.807, 2.05) is 18.2 Å². The van der Waals surface area contributed by atoms with E-state index < -0.39 is 0 Å². The quantitative estimate of drug-likeness (QED) is 0.622. The molecule has 0 bridgehead atoms. The van der Waals surface area contributed by atoms with E-state index >= 15 is 0 Å². The Kier molecular flexibility index (Phi) is 4.97. The van der Waals surface area contributed by atoms with Gasteiger partial charge < -0.3 is 14.2 Å². The second kappa shape index (κ2) is 6.92. The Morgan fingerprint density at radius 2 is 1.71 bits per heavy atom. The Bertz CT molecular complexity index is 582. The van der Waals surface area contributed by atoms with Crippen molar-refractivity contribution < 1.29 is 14.2 Å². The normalized spacial score (nSPS) is 11.8. The van der Waals surface area contributed by atoms with E-state index in [-0.39, 0.29) is 6.04 Å². The Morgan fingerprint density at radius 1 is 1.05 bits per heavy atom. The zero-order valence-electron chi connectivity index (χ0n) is 12.3. The molecule has 0 aliphatic carbocycles. The second-order valence-corrected chi connectivity index (χ2v) is 4.36. The van der Waals surface area contributed by atoms with Crippen molar-refractivity contribution in [2.45, 2.75) is 6.04 Å². The van der Waals surface area contributed by atoms with Gasteiger partial charge in [-0.3, -0.25) is 10.8 Å². The lowest BCUT2D eigenvalue weighted by Gasteiger charge is -2.20. The van der Waals surface area contributed by atoms with E-state index in [4.69, 9.17) is 20.1 Å². The first-order chi connectivity index (χ1) is 10.2. The molecule has 0 amide bonds. The van der Waals surface area contributed by atoms with E-state index in [0.29, 0.717) is 17.2 Å². The molecule has 112 valence electrons. The average molecular weight is 289 g/mol. The first-order valence-electron chi connectivity index (χ1n) is 6.40. The summed E-state index contributed by atoms with van der Waals surface area (Å²) in [6.07, 6.45) is 3.34. The molecule has 0 radical (unpaired) electrons. The molecule has 1 aromatic heterocycles. The lowest BCUT2D eigenvalue weighted by molar-refractivity contribution is 0.390. The molecule has 6 nitrogen and oxygen atoms in total. The molecule has 1 atom stereocenters. The highest BCUT2D eigenvalue weighted by Gasteiger charge is 2.18. The number of hydrazine groups is 1. The van der Waals surface area contributed by atoms with Crippen LogP contribution in [-0.2, 0) is 0 Å². The third-order valence-corrected chi connectivity index (χ3v) is 3.22. The molecule has 1 heterocycles. The summed E-state index contributed by atoms with van der Waals surface area (Å²) < 4.78 is 15.9. The number of nitrogens with zero attached hydrogens (tertiary/aromatic N) is 1. The smallest absolute Gasteiger partial charge is 0.142 e. The first-order valence-corrected chi connectivity index (χ1v) is 6.40. The molecule has 0 saturated heterocycles. The number of benzene rings is 1. The third-order valence-electron chi connectivity index (χ3n) is 3.22. The van der Waals surface area contributed by atoms with Crippen molar-refractivity contribution in [2.75, 3.05) is 21.3 Å². The van der Waals surface area contributed by atoms with Crippen LogP contribution in [0.5, 0.6) is 17.2 Å². The van der Waals surface area contributed by atoms with Gasteiger partial charge in [-0.1, -0.05) is 0 Å². The minimum atomic E-state index is -0.271. The maximum atomic E-state index is 5.74. The van der Waals surface area contributed by atoms with Crippen molar-refractivity contribution in [1.82, 2.24) is 10.4 Å². The van der Waals surface area contributed by atoms with E-state index in [1.54, 1.807) is 39.8 Å². The van der Waals surface area contributed by atoms with Crippen LogP contribution < -0.4 is 25.5 Å². The number of ether oxygens (including phenoxy) is 3. The van der Waals surface area contributed by atoms with E-state index in [1.165, 1.54) is 0 Å². The van der Waals surface area contributed by atoms with Crippen molar-refractivity contribution in [3.05, 3.63) is 47.8 Å². The number of hydrogen-bond acceptors (Lipinski definition) is 6. The van der Waals surface area contributed by atoms with Crippen molar-refractivity contribution >= 4 is 0 Å². The largest absolute Gasteiger partial charge is 0.497 e. The Morgan fingerprint density at radius 3 is 2.24 bits per heavy atom. The third kappa shape index (κ3) is 3.24. The fraction of sp³-hybridized carbons (Fsp3) is 0.267. The van der Waals surface area contributed by atoms with Crippen molar-refractivity contribution in [2.24, 2.45) is 5.84 Å². The van der Waals surface area contributed by atoms with Crippen molar-refractivity contribution in [3.63, 3.8) is 0 Å². The Labute approximate surface area is 123 Å². The minimum absolute atomic E-state index is 0.271. The number of nitrogens with two attached hydrogens (primary N) is 1. The molecule has 1 aromatic carbocycles. The number of aromatic nitrogens is 1. The van der Waals surface area contributed by atoms with Crippen molar-refractivity contribution in [3.8, 4) is 17.2 Å². The van der Waals surface area contributed by atoms with Gasteiger partial charge in [-0.25, -0.2) is 5.43 Å². The summed E-state index contributed by atoms with van der Waals surface area (Å²) in [5, 5.41) is 0. The molecule has 6 heteroatoms. The number of rotatable bonds is 6. The van der Waals surface area contributed by atoms with Gasteiger partial charge in [0.15, 0.2) is 0 Å². The lowest BCUT2D eigenvalue weighted by atomic mass is 9.99. The molecular formula is C15H19N3O3. The van der Waals surface area contributed by atoms with Gasteiger partial charge in [0.25, 0.3) is 0 Å². The highest BCUT2D eigenvalue weighted by molar-refractivity contribution is 5.45. The molecule has 0 spiro atoms. The van der Waals surface area contributed by atoms with E-state index in [0.717, 1.165) is 11.1 Å². The van der Waals surface area contributed by atoms with Crippen LogP contribution in [0.3, 0.4) is 0 Å². The van der Waals surface area contributed by atoms with Gasteiger partial charge in [0.05, 0.1) is 33.6 Å². The van der Waals surface area contributed by atoms with Gasteiger partial charge in [-0.2, -0.15) is 0 Å². The Hall–Kier alpha value is -2.31. The number of nitrogens with one attached hydrogen (secondary N) is 1. The van der Waals surface area contributed by atoms with Crippen LogP contribution in [0, 0.1) is 0 Å². The number of methoxy groups -OCH3 is 3. The highest BCUT2D eigenvalue weighted by atomic mass is 16.5. The molecule has 0 aliphatic heterocycles. The lowest BCUT2D eigenvalue weighted by Crippen LogP contribution is -2.29. The molecule has 3 N–H and O–H groups in total. The monoisotopic (exact) mass is 289 g/mol. The predicted molar refractivity (Wildman–Crippen MR) is 79.5 cm³/mol. The molecule has 0 saturated carbocycles. The molecule has 0 aliphatic rings. The number of hydrogen-bond donors (Lipinski definition) is 2. The summed E-state index contributed by atoms with van der Waals surface area (Å²) in [5.74, 6) is 7.78. The fourth-order valence-corrected chi connectivity index (χ4v) is 2.16. The predicted octanol–water partition coefficient (Wildman–Crippen LogP) is 1.66. The zero-order valence-corrected chi connectivity index (χ0v) is 12.3. The molecule has 0 fully saturated rings. The van der Waals surface area contributed by atoms with Gasteiger partial charge in [0, 0.05) is 17.8 Å². The van der Waals surface area contributed by atoms with Gasteiger partial charge in [0.1, 0.15) is 17.2 Å². The number of pyridine rings is 1. The molecule has 2 rings (SSSR count). The minimum Gasteiger partial charge on any atom is -0.497 e. The summed E-state index contributed by atoms with van der Waals surface area (Å²) in [6, 6.07) is 7.18. The maximum Gasteiger partial charge on any atom is 0.142 e. The van der Waals surface area contributed by atoms with Crippen LogP contribution in [0.1, 0.15) is 17.2 Å². The molecule has 21 heavy (non-hydrogen) atoms. The summed E-state index contributed by atoms with van der Waals surface area (Å²) in [6.45, 7) is 0. The fourth-order valence-electron chi connectivity index (χ4n) is 2.16. The summed E-state index contributed by atoms with van der Waals surface area (Å²) in [5.41, 5.74) is 4.57. The van der Waals surface area contributed by atoms with Crippen LogP contribution in [0.4, 0.5) is 0 Å². The van der Waals surface area contributed by atoms with Gasteiger partial charge in [0.2, 0.25) is 0 Å². The Balaban J connectivity index is 2.50. The summed E-state index contributed by atoms with van der Waals surface area (Å²) >= 11 is 0. The van der Waals surface area contributed by atoms with Crippen LogP contribution in [0.25, 0.3) is 0 Å². The second-order valence-electron chi connectivity index (χ2n) is 4.36. The molecule has 2 aromatic rings. The average Bonchev–Trinajstić information content (AvgIpc) is 2.55. The first kappa shape index (κ1) is 15.1. The molecular weight excluding hydrogens is 270 g/mol. The summed E-state index contributed by atoms with van der Waals surface area (Å²) in [7, 11) is 4.81. The SMILES string of the molecule is COc1cc(OC)cc(C(NN)c2ccncc2OC)c1. The zero-order chi connectivity index (χ0) is 15.2. The standard InChI is InChI=1S/C15H19N3O3/c1-19-11-6-10(7-12(8-11)20-2)15(18-16)13-4-5-17-9-14(13)21-3/h4-9,15,18H,16H2,1-3H3. The van der Waals surface area contributed by atoms with Gasteiger partial charge >= 0.3 is 0 Å². The van der Waals surface area contributed by atoms with Crippen LogP contribution in [0.2, 0.25) is 0 Å². The van der Waals surface area contributed by atoms with Crippen LogP contribution in [0.15, 0.2) is 36.7 Å². The molecule has 1 unspecified atom stereocenters. The highest BCUT2D eigenvalue weighted by Crippen LogP contribution is 2.33. The van der Waals surface area contributed by atoms with E-state index in [2.05, 4.69) is 10.4 Å². The van der Waals surface area contributed by atoms with Gasteiger partial charge in [-0.05, 0) is 23.8 Å². The van der Waals surface area contributed by atoms with Crippen molar-refractivity contribution in [1.29, 1.82) is 0 Å². The van der Waals surface area contributed by atoms with Crippen LogP contribution >= 0.6 is 0 Å². The van der Waals surface area contributed by atoms with Gasteiger partial charge in [-0.15, -0.1) is 0 Å².